The van der Waals surface area contributed by atoms with Crippen LogP contribution in [0.3, 0.4) is 0 Å². The third-order valence-electron chi connectivity index (χ3n) is 3.65. The quantitative estimate of drug-likeness (QED) is 0.452. The third-order valence-corrected chi connectivity index (χ3v) is 5.62. The summed E-state index contributed by atoms with van der Waals surface area (Å²) in [5, 5.41) is 19.6. The van der Waals surface area contributed by atoms with Gasteiger partial charge in [-0.25, -0.2) is 0 Å². The lowest BCUT2D eigenvalue weighted by Gasteiger charge is -2.01. The van der Waals surface area contributed by atoms with E-state index < -0.39 is 0 Å². The van der Waals surface area contributed by atoms with Gasteiger partial charge in [0.1, 0.15) is 10.7 Å². The van der Waals surface area contributed by atoms with Crippen LogP contribution in [-0.4, -0.2) is 36.3 Å². The second-order valence-corrected chi connectivity index (χ2v) is 7.64. The average Bonchev–Trinajstić information content (AvgIpc) is 3.42. The Morgan fingerprint density at radius 2 is 1.96 bits per heavy atom. The van der Waals surface area contributed by atoms with Gasteiger partial charge in [0, 0.05) is 12.7 Å². The molecule has 3 heterocycles. The highest BCUT2D eigenvalue weighted by Gasteiger charge is 2.14. The van der Waals surface area contributed by atoms with E-state index in [0.717, 1.165) is 16.3 Å². The van der Waals surface area contributed by atoms with Crippen LogP contribution >= 0.6 is 23.1 Å². The Morgan fingerprint density at radius 3 is 2.79 bits per heavy atom. The molecule has 4 aromatic rings. The van der Waals surface area contributed by atoms with E-state index in [1.165, 1.54) is 23.1 Å². The van der Waals surface area contributed by atoms with E-state index in [1.807, 2.05) is 48.5 Å². The van der Waals surface area contributed by atoms with Crippen LogP contribution in [-0.2, 0) is 12.3 Å². The molecule has 0 bridgehead atoms. The van der Waals surface area contributed by atoms with Gasteiger partial charge in [-0.3, -0.25) is 14.9 Å². The average molecular weight is 410 g/mol. The minimum absolute atomic E-state index is 0.229. The van der Waals surface area contributed by atoms with Crippen molar-refractivity contribution in [1.29, 1.82) is 0 Å². The summed E-state index contributed by atoms with van der Waals surface area (Å²) in [6.45, 7) is 0.455. The lowest BCUT2D eigenvalue weighted by molar-refractivity contribution is 0.0950. The summed E-state index contributed by atoms with van der Waals surface area (Å²) in [5.74, 6) is 0.914. The number of benzene rings is 1. The number of amides is 1. The monoisotopic (exact) mass is 409 g/mol. The van der Waals surface area contributed by atoms with E-state index >= 15 is 0 Å². The third kappa shape index (κ3) is 4.59. The highest BCUT2D eigenvalue weighted by Crippen LogP contribution is 2.23. The van der Waals surface area contributed by atoms with Crippen LogP contribution in [0.25, 0.3) is 11.5 Å². The number of pyridine rings is 1. The first-order valence-electron chi connectivity index (χ1n) is 8.39. The molecule has 0 aliphatic carbocycles. The number of hydrogen-bond donors (Lipinski definition) is 2. The number of hydrogen-bond acceptors (Lipinski definition) is 8. The summed E-state index contributed by atoms with van der Waals surface area (Å²) in [6.07, 6.45) is 1.70. The van der Waals surface area contributed by atoms with Gasteiger partial charge in [-0.1, -0.05) is 59.5 Å². The molecule has 140 valence electrons. The number of thioether (sulfide) groups is 1. The number of aromatic amines is 1. The highest BCUT2D eigenvalue weighted by atomic mass is 32.2. The van der Waals surface area contributed by atoms with Crippen molar-refractivity contribution in [2.75, 3.05) is 0 Å². The van der Waals surface area contributed by atoms with Gasteiger partial charge in [0.05, 0.1) is 5.75 Å². The Bertz CT molecular complexity index is 1050. The summed E-state index contributed by atoms with van der Waals surface area (Å²) in [4.78, 5) is 20.9. The molecule has 0 fully saturated rings. The van der Waals surface area contributed by atoms with Crippen molar-refractivity contribution in [3.63, 3.8) is 0 Å². The van der Waals surface area contributed by atoms with Gasteiger partial charge in [0.2, 0.25) is 10.2 Å². The molecule has 0 unspecified atom stereocenters. The summed E-state index contributed by atoms with van der Waals surface area (Å²) in [7, 11) is 0. The number of carbonyl (C=O) groups is 1. The maximum absolute atomic E-state index is 12.2. The van der Waals surface area contributed by atoms with Gasteiger partial charge >= 0.3 is 0 Å². The van der Waals surface area contributed by atoms with E-state index in [-0.39, 0.29) is 5.91 Å². The number of nitrogens with zero attached hydrogens (tertiary/aromatic N) is 5. The first-order chi connectivity index (χ1) is 13.8. The fourth-order valence-corrected chi connectivity index (χ4v) is 3.85. The molecule has 0 saturated heterocycles. The fraction of sp³-hybridized carbons (Fsp3) is 0.111. The summed E-state index contributed by atoms with van der Waals surface area (Å²) in [5.41, 5.74) is 1.76. The molecule has 28 heavy (non-hydrogen) atoms. The summed E-state index contributed by atoms with van der Waals surface area (Å²) < 4.78 is 0. The number of carbonyl (C=O) groups excluding carboxylic acids is 1. The van der Waals surface area contributed by atoms with Gasteiger partial charge in [0.15, 0.2) is 5.82 Å². The van der Waals surface area contributed by atoms with Crippen molar-refractivity contribution >= 4 is 29.0 Å². The Hall–Kier alpha value is -3.11. The van der Waals surface area contributed by atoms with E-state index in [4.69, 9.17) is 0 Å². The molecular formula is C18H15N7OS2. The Labute approximate surface area is 168 Å². The molecule has 0 aliphatic rings. The number of nitrogens with one attached hydrogen (secondary N) is 2. The lowest BCUT2D eigenvalue weighted by Crippen LogP contribution is -2.22. The van der Waals surface area contributed by atoms with Crippen LogP contribution < -0.4 is 5.32 Å². The Balaban J connectivity index is 1.31. The predicted octanol–water partition coefficient (Wildman–Crippen LogP) is 2.94. The minimum Gasteiger partial charge on any atom is -0.346 e. The maximum atomic E-state index is 12.2. The first-order valence-corrected chi connectivity index (χ1v) is 10.2. The van der Waals surface area contributed by atoms with Crippen molar-refractivity contribution in [2.45, 2.75) is 17.5 Å². The number of rotatable bonds is 7. The Morgan fingerprint density at radius 1 is 1.11 bits per heavy atom. The molecule has 0 aliphatic heterocycles. The molecule has 0 radical (unpaired) electrons. The zero-order valence-electron chi connectivity index (χ0n) is 14.6. The van der Waals surface area contributed by atoms with Gasteiger partial charge in [-0.15, -0.1) is 15.3 Å². The summed E-state index contributed by atoms with van der Waals surface area (Å²) >= 11 is 2.68. The van der Waals surface area contributed by atoms with E-state index in [1.54, 1.807) is 6.20 Å². The first kappa shape index (κ1) is 18.3. The van der Waals surface area contributed by atoms with Crippen LogP contribution in [0.5, 0.6) is 0 Å². The molecule has 1 amide bonds. The molecular weight excluding hydrogens is 394 g/mol. The smallest absolute Gasteiger partial charge is 0.282 e. The standard InChI is InChI=1S/C18H15N7OS2/c26-16(20-10-12-6-2-1-3-7-12)17-24-22-14(28-17)11-27-18-21-15(23-25-18)13-8-4-5-9-19-13/h1-9H,10-11H2,(H,20,26)(H,21,23,25). The SMILES string of the molecule is O=C(NCc1ccccc1)c1nnc(CSc2n[nH]c(-c3ccccn3)n2)s1. The molecule has 0 spiro atoms. The van der Waals surface area contributed by atoms with Gasteiger partial charge in [0.25, 0.3) is 5.91 Å². The van der Waals surface area contributed by atoms with Crippen molar-refractivity contribution in [3.05, 3.63) is 70.3 Å². The van der Waals surface area contributed by atoms with Gasteiger partial charge in [-0.05, 0) is 17.7 Å². The van der Waals surface area contributed by atoms with E-state index in [2.05, 4.69) is 35.7 Å². The largest absolute Gasteiger partial charge is 0.346 e. The van der Waals surface area contributed by atoms with E-state index in [9.17, 15) is 4.79 Å². The van der Waals surface area contributed by atoms with Crippen molar-refractivity contribution in [1.82, 2.24) is 35.7 Å². The lowest BCUT2D eigenvalue weighted by atomic mass is 10.2. The zero-order chi connectivity index (χ0) is 19.2. The van der Waals surface area contributed by atoms with Crippen molar-refractivity contribution < 1.29 is 4.79 Å². The van der Waals surface area contributed by atoms with Gasteiger partial charge < -0.3 is 5.32 Å². The van der Waals surface area contributed by atoms with Gasteiger partial charge in [-0.2, -0.15) is 4.98 Å². The topological polar surface area (TPSA) is 109 Å². The van der Waals surface area contributed by atoms with Crippen LogP contribution in [0.4, 0.5) is 0 Å². The molecule has 4 rings (SSSR count). The van der Waals surface area contributed by atoms with Crippen LogP contribution in [0.1, 0.15) is 20.4 Å². The van der Waals surface area contributed by atoms with E-state index in [0.29, 0.717) is 28.3 Å². The molecule has 3 aromatic heterocycles. The number of aromatic nitrogens is 6. The minimum atomic E-state index is -0.229. The second-order valence-electron chi connectivity index (χ2n) is 5.64. The fourth-order valence-electron chi connectivity index (χ4n) is 2.31. The van der Waals surface area contributed by atoms with Crippen molar-refractivity contribution in [3.8, 4) is 11.5 Å². The summed E-state index contributed by atoms with van der Waals surface area (Å²) in [6, 6.07) is 15.3. The van der Waals surface area contributed by atoms with Crippen LogP contribution in [0.15, 0.2) is 59.9 Å². The van der Waals surface area contributed by atoms with Crippen molar-refractivity contribution in [2.24, 2.45) is 0 Å². The number of H-pyrrole nitrogens is 1. The van der Waals surface area contributed by atoms with Crippen LogP contribution in [0.2, 0.25) is 0 Å². The maximum Gasteiger partial charge on any atom is 0.282 e. The molecule has 1 aromatic carbocycles. The Kier molecular flexibility index (Phi) is 5.69. The second kappa shape index (κ2) is 8.72. The normalized spacial score (nSPS) is 10.7. The molecule has 0 atom stereocenters. The molecule has 2 N–H and O–H groups in total. The zero-order valence-corrected chi connectivity index (χ0v) is 16.2. The molecule has 10 heteroatoms. The van der Waals surface area contributed by atoms with Crippen LogP contribution in [0, 0.1) is 0 Å². The molecule has 0 saturated carbocycles. The highest BCUT2D eigenvalue weighted by molar-refractivity contribution is 7.98. The predicted molar refractivity (Wildman–Crippen MR) is 107 cm³/mol. The molecule has 8 nitrogen and oxygen atoms in total.